The highest BCUT2D eigenvalue weighted by molar-refractivity contribution is 7.98. The van der Waals surface area contributed by atoms with Gasteiger partial charge in [-0.25, -0.2) is 4.98 Å². The second-order valence-corrected chi connectivity index (χ2v) is 7.86. The average molecular weight is 413 g/mol. The molecule has 0 spiro atoms. The van der Waals surface area contributed by atoms with Crippen molar-refractivity contribution in [3.8, 4) is 11.5 Å². The molecule has 2 aromatic carbocycles. The number of rotatable bonds is 5. The highest BCUT2D eigenvalue weighted by Gasteiger charge is 2.16. The van der Waals surface area contributed by atoms with Gasteiger partial charge in [-0.05, 0) is 44.2 Å². The predicted octanol–water partition coefficient (Wildman–Crippen LogP) is 4.97. The first-order chi connectivity index (χ1) is 13.5. The number of thioether (sulfide) groups is 1. The van der Waals surface area contributed by atoms with E-state index in [1.165, 1.54) is 11.8 Å². The van der Waals surface area contributed by atoms with Gasteiger partial charge < -0.3 is 4.42 Å². The summed E-state index contributed by atoms with van der Waals surface area (Å²) in [7, 11) is 0. The average Bonchev–Trinajstić information content (AvgIpc) is 3.15. The van der Waals surface area contributed by atoms with Gasteiger partial charge in [0.2, 0.25) is 11.8 Å². The van der Waals surface area contributed by atoms with Crippen molar-refractivity contribution < 1.29 is 4.42 Å². The Kier molecular flexibility index (Phi) is 5.19. The third-order valence-electron chi connectivity index (χ3n) is 4.16. The van der Waals surface area contributed by atoms with Crippen LogP contribution < -0.4 is 5.56 Å². The van der Waals surface area contributed by atoms with Crippen molar-refractivity contribution in [1.82, 2.24) is 19.7 Å². The molecule has 0 amide bonds. The van der Waals surface area contributed by atoms with Crippen molar-refractivity contribution >= 4 is 34.3 Å². The molecule has 0 fully saturated rings. The summed E-state index contributed by atoms with van der Waals surface area (Å²) in [5.74, 6) is 1.35. The Morgan fingerprint density at radius 3 is 2.68 bits per heavy atom. The molecular formula is C20H17ClN4O2S. The molecule has 0 unspecified atom stereocenters. The van der Waals surface area contributed by atoms with E-state index in [0.29, 0.717) is 38.6 Å². The molecular weight excluding hydrogens is 396 g/mol. The summed E-state index contributed by atoms with van der Waals surface area (Å²) in [6, 6.07) is 14.7. The summed E-state index contributed by atoms with van der Waals surface area (Å²) < 4.78 is 7.43. The number of fused-ring (bicyclic) bond motifs is 1. The first kappa shape index (κ1) is 18.7. The molecule has 0 aliphatic carbocycles. The Morgan fingerprint density at radius 1 is 1.14 bits per heavy atom. The van der Waals surface area contributed by atoms with Gasteiger partial charge in [0.15, 0.2) is 5.16 Å². The Morgan fingerprint density at radius 2 is 1.93 bits per heavy atom. The van der Waals surface area contributed by atoms with Gasteiger partial charge in [-0.15, -0.1) is 10.2 Å². The molecule has 0 radical (unpaired) electrons. The number of hydrogen-bond acceptors (Lipinski definition) is 6. The maximum Gasteiger partial charge on any atom is 0.262 e. The number of benzene rings is 2. The molecule has 4 rings (SSSR count). The first-order valence-electron chi connectivity index (χ1n) is 8.75. The van der Waals surface area contributed by atoms with Gasteiger partial charge in [0.25, 0.3) is 5.56 Å². The predicted molar refractivity (Wildman–Crippen MR) is 111 cm³/mol. The highest BCUT2D eigenvalue weighted by Crippen LogP contribution is 2.26. The topological polar surface area (TPSA) is 73.8 Å². The van der Waals surface area contributed by atoms with E-state index in [2.05, 4.69) is 15.2 Å². The molecule has 0 aliphatic heterocycles. The molecule has 0 saturated carbocycles. The SMILES string of the molecule is CC(C)n1c(SCc2nnc(-c3ccccc3)o2)nc2cc(Cl)ccc2c1=O. The van der Waals surface area contributed by atoms with Crippen LogP contribution in [0.25, 0.3) is 22.4 Å². The maximum absolute atomic E-state index is 12.9. The van der Waals surface area contributed by atoms with E-state index in [0.717, 1.165) is 5.56 Å². The van der Waals surface area contributed by atoms with Crippen LogP contribution in [0, 0.1) is 0 Å². The molecule has 28 heavy (non-hydrogen) atoms. The molecule has 142 valence electrons. The van der Waals surface area contributed by atoms with Crippen molar-refractivity contribution in [2.24, 2.45) is 0 Å². The van der Waals surface area contributed by atoms with E-state index in [-0.39, 0.29) is 11.6 Å². The molecule has 0 saturated heterocycles. The summed E-state index contributed by atoms with van der Waals surface area (Å²) >= 11 is 7.46. The quantitative estimate of drug-likeness (QED) is 0.340. The lowest BCUT2D eigenvalue weighted by Crippen LogP contribution is -2.25. The van der Waals surface area contributed by atoms with Gasteiger partial charge in [0.05, 0.1) is 16.7 Å². The van der Waals surface area contributed by atoms with Gasteiger partial charge in [-0.2, -0.15) is 0 Å². The third-order valence-corrected chi connectivity index (χ3v) is 5.33. The molecule has 2 heterocycles. The molecule has 0 atom stereocenters. The van der Waals surface area contributed by atoms with E-state index in [4.69, 9.17) is 16.0 Å². The van der Waals surface area contributed by atoms with Gasteiger partial charge in [0, 0.05) is 16.6 Å². The summed E-state index contributed by atoms with van der Waals surface area (Å²) in [4.78, 5) is 17.6. The van der Waals surface area contributed by atoms with E-state index >= 15 is 0 Å². The summed E-state index contributed by atoms with van der Waals surface area (Å²) in [5, 5.41) is 9.89. The molecule has 6 nitrogen and oxygen atoms in total. The minimum Gasteiger partial charge on any atom is -0.420 e. The van der Waals surface area contributed by atoms with Crippen LogP contribution in [0.3, 0.4) is 0 Å². The fourth-order valence-electron chi connectivity index (χ4n) is 2.84. The van der Waals surface area contributed by atoms with Crippen molar-refractivity contribution in [3.63, 3.8) is 0 Å². The van der Waals surface area contributed by atoms with Gasteiger partial charge in [0.1, 0.15) is 0 Å². The second-order valence-electron chi connectivity index (χ2n) is 6.48. The van der Waals surface area contributed by atoms with E-state index in [9.17, 15) is 4.79 Å². The Balaban J connectivity index is 1.65. The zero-order chi connectivity index (χ0) is 19.7. The van der Waals surface area contributed by atoms with Crippen molar-refractivity contribution in [2.75, 3.05) is 0 Å². The van der Waals surface area contributed by atoms with E-state index < -0.39 is 0 Å². The second kappa shape index (κ2) is 7.77. The van der Waals surface area contributed by atoms with Crippen LogP contribution in [0.4, 0.5) is 0 Å². The fourth-order valence-corrected chi connectivity index (χ4v) is 3.98. The molecule has 4 aromatic rings. The normalized spacial score (nSPS) is 11.4. The molecule has 0 bridgehead atoms. The molecule has 0 N–H and O–H groups in total. The van der Waals surface area contributed by atoms with Crippen molar-refractivity contribution in [2.45, 2.75) is 30.8 Å². The largest absolute Gasteiger partial charge is 0.420 e. The van der Waals surface area contributed by atoms with Crippen LogP contribution in [0.5, 0.6) is 0 Å². The lowest BCUT2D eigenvalue weighted by Gasteiger charge is -2.15. The van der Waals surface area contributed by atoms with Crippen LogP contribution in [0.15, 0.2) is 62.9 Å². The van der Waals surface area contributed by atoms with Crippen molar-refractivity contribution in [1.29, 1.82) is 0 Å². The maximum atomic E-state index is 12.9. The highest BCUT2D eigenvalue weighted by atomic mass is 35.5. The third kappa shape index (κ3) is 3.68. The summed E-state index contributed by atoms with van der Waals surface area (Å²) in [5.41, 5.74) is 1.35. The summed E-state index contributed by atoms with van der Waals surface area (Å²) in [6.07, 6.45) is 0. The zero-order valence-electron chi connectivity index (χ0n) is 15.3. The van der Waals surface area contributed by atoms with E-state index in [1.54, 1.807) is 22.8 Å². The monoisotopic (exact) mass is 412 g/mol. The van der Waals surface area contributed by atoms with Crippen LogP contribution in [-0.2, 0) is 5.75 Å². The van der Waals surface area contributed by atoms with Crippen LogP contribution >= 0.6 is 23.4 Å². The van der Waals surface area contributed by atoms with E-state index in [1.807, 2.05) is 44.2 Å². The number of halogens is 1. The van der Waals surface area contributed by atoms with Crippen LogP contribution in [-0.4, -0.2) is 19.7 Å². The van der Waals surface area contributed by atoms with Gasteiger partial charge in [-0.3, -0.25) is 9.36 Å². The smallest absolute Gasteiger partial charge is 0.262 e. The standard InChI is InChI=1S/C20H17ClN4O2S/c1-12(2)25-19(26)15-9-8-14(21)10-16(15)22-20(25)28-11-17-23-24-18(27-17)13-6-4-3-5-7-13/h3-10,12H,11H2,1-2H3. The van der Waals surface area contributed by atoms with Crippen molar-refractivity contribution in [3.05, 3.63) is 69.8 Å². The minimum atomic E-state index is -0.0883. The Labute approximate surface area is 170 Å². The number of aromatic nitrogens is 4. The lowest BCUT2D eigenvalue weighted by molar-refractivity contribution is 0.514. The molecule has 8 heteroatoms. The van der Waals surface area contributed by atoms with Gasteiger partial charge >= 0.3 is 0 Å². The Bertz CT molecular complexity index is 1190. The van der Waals surface area contributed by atoms with Gasteiger partial charge in [-0.1, -0.05) is 41.6 Å². The van der Waals surface area contributed by atoms with Crippen LogP contribution in [0.1, 0.15) is 25.8 Å². The molecule has 2 aromatic heterocycles. The number of nitrogens with zero attached hydrogens (tertiary/aromatic N) is 4. The summed E-state index contributed by atoms with van der Waals surface area (Å²) in [6.45, 7) is 3.91. The zero-order valence-corrected chi connectivity index (χ0v) is 16.9. The fraction of sp³-hybridized carbons (Fsp3) is 0.200. The molecule has 0 aliphatic rings. The Hall–Kier alpha value is -2.64. The van der Waals surface area contributed by atoms with Crippen LogP contribution in [0.2, 0.25) is 5.02 Å². The first-order valence-corrected chi connectivity index (χ1v) is 10.1. The number of hydrogen-bond donors (Lipinski definition) is 0. The minimum absolute atomic E-state index is 0.0369. The lowest BCUT2D eigenvalue weighted by atomic mass is 10.2.